The number of rotatable bonds is 3. The second-order valence-corrected chi connectivity index (χ2v) is 6.79. The first-order valence-electron chi connectivity index (χ1n) is 8.87. The minimum atomic E-state index is 0.552. The van der Waals surface area contributed by atoms with E-state index in [4.69, 9.17) is 21.7 Å². The Kier molecular flexibility index (Phi) is 3.72. The number of nitrogens with one attached hydrogen (secondary N) is 2. The molecule has 2 aromatic carbocycles. The molecule has 27 heavy (non-hydrogen) atoms. The van der Waals surface area contributed by atoms with Gasteiger partial charge >= 0.3 is 0 Å². The van der Waals surface area contributed by atoms with Crippen LogP contribution in [0.3, 0.4) is 0 Å². The topological polar surface area (TPSA) is 62.9 Å². The number of para-hydroxylation sites is 2. The fraction of sp³-hybridized carbons (Fsp3) is 0.143. The number of aromatic amines is 2. The van der Waals surface area contributed by atoms with E-state index in [1.54, 1.807) is 0 Å². The van der Waals surface area contributed by atoms with E-state index in [0.29, 0.717) is 29.4 Å². The quantitative estimate of drug-likeness (QED) is 0.416. The van der Waals surface area contributed by atoms with Crippen LogP contribution in [-0.2, 0) is 6.42 Å². The number of hydrogen-bond donors (Lipinski definition) is 2. The third kappa shape index (κ3) is 2.61. The third-order valence-electron chi connectivity index (χ3n) is 4.75. The molecule has 0 aliphatic carbocycles. The Balaban J connectivity index is 1.64. The molecule has 3 heterocycles. The van der Waals surface area contributed by atoms with E-state index in [1.165, 1.54) is 0 Å². The van der Waals surface area contributed by atoms with Crippen LogP contribution in [0.1, 0.15) is 18.1 Å². The van der Waals surface area contributed by atoms with Gasteiger partial charge in [-0.3, -0.25) is 0 Å². The van der Waals surface area contributed by atoms with Crippen molar-refractivity contribution in [2.45, 2.75) is 13.3 Å². The van der Waals surface area contributed by atoms with Crippen molar-refractivity contribution in [2.24, 2.45) is 0 Å². The summed E-state index contributed by atoms with van der Waals surface area (Å²) in [6.07, 6.45) is 2.61. The van der Waals surface area contributed by atoms with Gasteiger partial charge in [-0.15, -0.1) is 0 Å². The van der Waals surface area contributed by atoms with E-state index in [2.05, 4.69) is 21.0 Å². The van der Waals surface area contributed by atoms with Crippen LogP contribution in [0.15, 0.2) is 48.7 Å². The molecule has 0 saturated heterocycles. The van der Waals surface area contributed by atoms with Crippen molar-refractivity contribution in [3.63, 3.8) is 0 Å². The van der Waals surface area contributed by atoms with Crippen molar-refractivity contribution in [3.05, 3.63) is 64.4 Å². The van der Waals surface area contributed by atoms with E-state index in [-0.39, 0.29) is 0 Å². The number of fused-ring (bicyclic) bond motifs is 3. The highest BCUT2D eigenvalue weighted by atomic mass is 32.1. The van der Waals surface area contributed by atoms with Gasteiger partial charge < -0.3 is 19.4 Å². The van der Waals surface area contributed by atoms with Gasteiger partial charge in [0.15, 0.2) is 11.5 Å². The van der Waals surface area contributed by atoms with E-state index in [1.807, 2.05) is 49.5 Å². The molecule has 5 nitrogen and oxygen atoms in total. The molecule has 1 aliphatic heterocycles. The summed E-state index contributed by atoms with van der Waals surface area (Å²) >= 11 is 5.58. The molecule has 0 spiro atoms. The number of aromatic nitrogens is 3. The number of H-pyrrole nitrogens is 2. The predicted molar refractivity (Wildman–Crippen MR) is 107 cm³/mol. The van der Waals surface area contributed by atoms with Gasteiger partial charge in [-0.1, -0.05) is 42.5 Å². The first kappa shape index (κ1) is 16.1. The zero-order valence-corrected chi connectivity index (χ0v) is 15.5. The highest BCUT2D eigenvalue weighted by Crippen LogP contribution is 2.42. The van der Waals surface area contributed by atoms with Gasteiger partial charge in [0, 0.05) is 34.6 Å². The lowest BCUT2D eigenvalue weighted by Crippen LogP contribution is -2.09. The van der Waals surface area contributed by atoms with Gasteiger partial charge in [-0.25, -0.2) is 4.98 Å². The van der Waals surface area contributed by atoms with E-state index in [9.17, 15) is 0 Å². The fourth-order valence-electron chi connectivity index (χ4n) is 3.49. The van der Waals surface area contributed by atoms with Gasteiger partial charge in [0.25, 0.3) is 0 Å². The SMILES string of the molecule is CCOc1cccc2c1Oc1[nH]c(-c3c[nH]c4ccccc34)nc(=S)c1C2. The molecule has 2 N–H and O–H groups in total. The first-order chi connectivity index (χ1) is 13.2. The second-order valence-electron chi connectivity index (χ2n) is 6.40. The molecule has 0 fully saturated rings. The molecule has 0 unspecified atom stereocenters. The summed E-state index contributed by atoms with van der Waals surface area (Å²) in [7, 11) is 0. The van der Waals surface area contributed by atoms with Gasteiger partial charge in [0.1, 0.15) is 10.5 Å². The van der Waals surface area contributed by atoms with Crippen LogP contribution in [-0.4, -0.2) is 21.6 Å². The van der Waals surface area contributed by atoms with Crippen molar-refractivity contribution >= 4 is 23.1 Å². The lowest BCUT2D eigenvalue weighted by atomic mass is 10.0. The zero-order chi connectivity index (χ0) is 18.4. The zero-order valence-electron chi connectivity index (χ0n) is 14.7. The van der Waals surface area contributed by atoms with Crippen molar-refractivity contribution in [3.8, 4) is 28.8 Å². The number of hydrogen-bond acceptors (Lipinski definition) is 4. The average Bonchev–Trinajstić information content (AvgIpc) is 3.11. The Labute approximate surface area is 161 Å². The largest absolute Gasteiger partial charge is 0.490 e. The van der Waals surface area contributed by atoms with Crippen LogP contribution in [0, 0.1) is 4.64 Å². The van der Waals surface area contributed by atoms with E-state index in [0.717, 1.165) is 39.1 Å². The maximum atomic E-state index is 6.20. The molecule has 0 amide bonds. The Morgan fingerprint density at radius 1 is 1.19 bits per heavy atom. The molecule has 6 heteroatoms. The van der Waals surface area contributed by atoms with Gasteiger partial charge in [-0.05, 0) is 19.1 Å². The molecular formula is C21H17N3O2S. The van der Waals surface area contributed by atoms with Gasteiger partial charge in [0.2, 0.25) is 5.88 Å². The lowest BCUT2D eigenvalue weighted by Gasteiger charge is -2.22. The molecule has 134 valence electrons. The molecule has 4 aromatic rings. The maximum Gasteiger partial charge on any atom is 0.205 e. The lowest BCUT2D eigenvalue weighted by molar-refractivity contribution is 0.315. The normalized spacial score (nSPS) is 12.3. The minimum Gasteiger partial charge on any atom is -0.490 e. The monoisotopic (exact) mass is 375 g/mol. The number of ether oxygens (including phenoxy) is 2. The molecule has 2 aromatic heterocycles. The highest BCUT2D eigenvalue weighted by Gasteiger charge is 2.24. The standard InChI is InChI=1S/C21H17N3O2S/c1-2-25-17-9-5-6-12-10-14-20(26-18(12)17)23-19(24-21(14)27)15-11-22-16-8-4-3-7-13(15)16/h3-9,11,22H,2,10H2,1H3,(H,23,24,27). The Bertz CT molecular complexity index is 1230. The molecular weight excluding hydrogens is 358 g/mol. The molecule has 1 aliphatic rings. The molecule has 5 rings (SSSR count). The van der Waals surface area contributed by atoms with Gasteiger partial charge in [-0.2, -0.15) is 0 Å². The van der Waals surface area contributed by atoms with E-state index >= 15 is 0 Å². The molecule has 0 atom stereocenters. The highest BCUT2D eigenvalue weighted by molar-refractivity contribution is 7.71. The molecule has 0 bridgehead atoms. The van der Waals surface area contributed by atoms with Crippen LogP contribution in [0.25, 0.3) is 22.3 Å². The summed E-state index contributed by atoms with van der Waals surface area (Å²) in [5.74, 6) is 2.81. The van der Waals surface area contributed by atoms with Crippen LogP contribution in [0.4, 0.5) is 0 Å². The first-order valence-corrected chi connectivity index (χ1v) is 9.27. The van der Waals surface area contributed by atoms with Gasteiger partial charge in [0.05, 0.1) is 12.2 Å². The number of benzene rings is 2. The molecule has 0 saturated carbocycles. The van der Waals surface area contributed by atoms with Crippen molar-refractivity contribution in [2.75, 3.05) is 6.61 Å². The smallest absolute Gasteiger partial charge is 0.205 e. The molecule has 0 radical (unpaired) electrons. The minimum absolute atomic E-state index is 0.552. The van der Waals surface area contributed by atoms with Crippen molar-refractivity contribution in [1.29, 1.82) is 0 Å². The Morgan fingerprint density at radius 3 is 2.96 bits per heavy atom. The van der Waals surface area contributed by atoms with Crippen LogP contribution >= 0.6 is 12.2 Å². The Hall–Kier alpha value is -3.12. The number of nitrogens with zero attached hydrogens (tertiary/aromatic N) is 1. The summed E-state index contributed by atoms with van der Waals surface area (Å²) in [5.41, 5.74) is 3.97. The van der Waals surface area contributed by atoms with E-state index < -0.39 is 0 Å². The summed E-state index contributed by atoms with van der Waals surface area (Å²) in [6, 6.07) is 14.0. The Morgan fingerprint density at radius 2 is 2.07 bits per heavy atom. The van der Waals surface area contributed by atoms with Crippen LogP contribution in [0.5, 0.6) is 17.4 Å². The van der Waals surface area contributed by atoms with Crippen LogP contribution < -0.4 is 9.47 Å². The third-order valence-corrected chi connectivity index (χ3v) is 5.09. The second kappa shape index (κ2) is 6.25. The average molecular weight is 375 g/mol. The van der Waals surface area contributed by atoms with Crippen LogP contribution in [0.2, 0.25) is 0 Å². The predicted octanol–water partition coefficient (Wildman–Crippen LogP) is 5.38. The summed E-state index contributed by atoms with van der Waals surface area (Å²) in [6.45, 7) is 2.54. The summed E-state index contributed by atoms with van der Waals surface area (Å²) in [4.78, 5) is 11.2. The van der Waals surface area contributed by atoms with Crippen molar-refractivity contribution in [1.82, 2.24) is 15.0 Å². The fourth-order valence-corrected chi connectivity index (χ4v) is 3.75. The van der Waals surface area contributed by atoms with Crippen molar-refractivity contribution < 1.29 is 9.47 Å². The maximum absolute atomic E-state index is 6.20. The summed E-state index contributed by atoms with van der Waals surface area (Å²) < 4.78 is 12.5. The summed E-state index contributed by atoms with van der Waals surface area (Å²) in [5, 5.41) is 1.09.